The molecule has 0 amide bonds. The largest absolute Gasteiger partial charge is 0.329 e. The van der Waals surface area contributed by atoms with Crippen molar-refractivity contribution in [1.82, 2.24) is 4.90 Å². The van der Waals surface area contributed by atoms with Crippen LogP contribution in [0, 0.1) is 5.92 Å². The third-order valence-corrected chi connectivity index (χ3v) is 2.62. The zero-order chi connectivity index (χ0) is 10.8. The van der Waals surface area contributed by atoms with E-state index in [2.05, 4.69) is 25.7 Å². The normalized spacial score (nSPS) is 13.5. The molecule has 0 aromatic carbocycles. The Labute approximate surface area is 89.9 Å². The van der Waals surface area contributed by atoms with Gasteiger partial charge in [0, 0.05) is 19.6 Å². The van der Waals surface area contributed by atoms with Crippen LogP contribution in [0.1, 0.15) is 46.5 Å². The minimum atomic E-state index is 0.794. The van der Waals surface area contributed by atoms with E-state index in [1.165, 1.54) is 38.8 Å². The van der Waals surface area contributed by atoms with E-state index < -0.39 is 0 Å². The first kappa shape index (κ1) is 13.9. The van der Waals surface area contributed by atoms with Gasteiger partial charge >= 0.3 is 0 Å². The van der Waals surface area contributed by atoms with Crippen molar-refractivity contribution < 1.29 is 0 Å². The second-order valence-corrected chi connectivity index (χ2v) is 4.34. The SMILES string of the molecule is CCCCN(CCN)CC(C)CCC. The van der Waals surface area contributed by atoms with Gasteiger partial charge in [-0.05, 0) is 25.3 Å². The molecule has 0 aromatic rings. The summed E-state index contributed by atoms with van der Waals surface area (Å²) in [5, 5.41) is 0. The molecule has 0 rings (SSSR count). The van der Waals surface area contributed by atoms with E-state index in [1.54, 1.807) is 0 Å². The molecular formula is C12H28N2. The molecule has 0 heterocycles. The molecule has 0 saturated carbocycles. The maximum absolute atomic E-state index is 5.61. The minimum absolute atomic E-state index is 0.794. The van der Waals surface area contributed by atoms with E-state index in [0.717, 1.165) is 19.0 Å². The third kappa shape index (κ3) is 7.34. The summed E-state index contributed by atoms with van der Waals surface area (Å²) in [6.45, 7) is 11.2. The van der Waals surface area contributed by atoms with Crippen molar-refractivity contribution in [1.29, 1.82) is 0 Å². The summed E-state index contributed by atoms with van der Waals surface area (Å²) < 4.78 is 0. The second kappa shape index (κ2) is 9.47. The van der Waals surface area contributed by atoms with Crippen molar-refractivity contribution in [3.05, 3.63) is 0 Å². The molecule has 0 spiro atoms. The van der Waals surface area contributed by atoms with Gasteiger partial charge in [0.1, 0.15) is 0 Å². The summed E-state index contributed by atoms with van der Waals surface area (Å²) in [6, 6.07) is 0. The molecule has 86 valence electrons. The number of rotatable bonds is 9. The van der Waals surface area contributed by atoms with E-state index in [1.807, 2.05) is 0 Å². The molecule has 0 radical (unpaired) electrons. The van der Waals surface area contributed by atoms with Gasteiger partial charge in [-0.2, -0.15) is 0 Å². The number of hydrogen-bond acceptors (Lipinski definition) is 2. The molecule has 0 aliphatic heterocycles. The summed E-state index contributed by atoms with van der Waals surface area (Å²) >= 11 is 0. The van der Waals surface area contributed by atoms with Crippen molar-refractivity contribution in [3.63, 3.8) is 0 Å². The van der Waals surface area contributed by atoms with Gasteiger partial charge in [0.25, 0.3) is 0 Å². The molecule has 0 fully saturated rings. The maximum Gasteiger partial charge on any atom is 0.0105 e. The van der Waals surface area contributed by atoms with Crippen molar-refractivity contribution in [3.8, 4) is 0 Å². The van der Waals surface area contributed by atoms with Crippen molar-refractivity contribution in [2.24, 2.45) is 11.7 Å². The highest BCUT2D eigenvalue weighted by Gasteiger charge is 2.08. The first-order valence-corrected chi connectivity index (χ1v) is 6.16. The molecule has 2 heteroatoms. The standard InChI is InChI=1S/C12H28N2/c1-4-6-9-14(10-8-13)11-12(3)7-5-2/h12H,4-11,13H2,1-3H3. The van der Waals surface area contributed by atoms with Crippen LogP contribution in [0.5, 0.6) is 0 Å². The number of hydrogen-bond donors (Lipinski definition) is 1. The van der Waals surface area contributed by atoms with Gasteiger partial charge in [-0.25, -0.2) is 0 Å². The van der Waals surface area contributed by atoms with Crippen LogP contribution in [0.15, 0.2) is 0 Å². The topological polar surface area (TPSA) is 29.3 Å². The summed E-state index contributed by atoms with van der Waals surface area (Å²) in [7, 11) is 0. The monoisotopic (exact) mass is 200 g/mol. The van der Waals surface area contributed by atoms with Crippen LogP contribution < -0.4 is 5.73 Å². The highest BCUT2D eigenvalue weighted by atomic mass is 15.1. The van der Waals surface area contributed by atoms with E-state index in [0.29, 0.717) is 0 Å². The predicted molar refractivity (Wildman–Crippen MR) is 64.5 cm³/mol. The van der Waals surface area contributed by atoms with Crippen LogP contribution in [-0.4, -0.2) is 31.1 Å². The summed E-state index contributed by atoms with van der Waals surface area (Å²) in [5.41, 5.74) is 5.61. The van der Waals surface area contributed by atoms with Gasteiger partial charge < -0.3 is 10.6 Å². The molecule has 0 aliphatic rings. The Morgan fingerprint density at radius 3 is 2.36 bits per heavy atom. The van der Waals surface area contributed by atoms with E-state index in [4.69, 9.17) is 5.73 Å². The van der Waals surface area contributed by atoms with Gasteiger partial charge in [0.05, 0.1) is 0 Å². The van der Waals surface area contributed by atoms with Crippen LogP contribution >= 0.6 is 0 Å². The summed E-state index contributed by atoms with van der Waals surface area (Å²) in [5.74, 6) is 0.823. The number of nitrogens with zero attached hydrogens (tertiary/aromatic N) is 1. The van der Waals surface area contributed by atoms with Crippen molar-refractivity contribution >= 4 is 0 Å². The Bertz CT molecular complexity index is 115. The van der Waals surface area contributed by atoms with Crippen LogP contribution in [0.4, 0.5) is 0 Å². The molecule has 2 N–H and O–H groups in total. The molecule has 2 nitrogen and oxygen atoms in total. The average Bonchev–Trinajstić information content (AvgIpc) is 2.15. The first-order chi connectivity index (χ1) is 6.74. The molecule has 0 bridgehead atoms. The van der Waals surface area contributed by atoms with Crippen LogP contribution in [0.2, 0.25) is 0 Å². The van der Waals surface area contributed by atoms with Gasteiger partial charge in [-0.3, -0.25) is 0 Å². The Morgan fingerprint density at radius 1 is 1.14 bits per heavy atom. The fraction of sp³-hybridized carbons (Fsp3) is 1.00. The highest BCUT2D eigenvalue weighted by molar-refractivity contribution is 4.63. The Morgan fingerprint density at radius 2 is 1.86 bits per heavy atom. The number of nitrogens with two attached hydrogens (primary N) is 1. The Hall–Kier alpha value is -0.0800. The van der Waals surface area contributed by atoms with E-state index in [-0.39, 0.29) is 0 Å². The molecule has 1 unspecified atom stereocenters. The molecule has 14 heavy (non-hydrogen) atoms. The lowest BCUT2D eigenvalue weighted by Gasteiger charge is -2.24. The van der Waals surface area contributed by atoms with Gasteiger partial charge in [-0.15, -0.1) is 0 Å². The lowest BCUT2D eigenvalue weighted by atomic mass is 10.1. The molecular weight excluding hydrogens is 172 g/mol. The lowest BCUT2D eigenvalue weighted by molar-refractivity contribution is 0.234. The summed E-state index contributed by atoms with van der Waals surface area (Å²) in [4.78, 5) is 2.52. The average molecular weight is 200 g/mol. The number of unbranched alkanes of at least 4 members (excludes halogenated alkanes) is 1. The summed E-state index contributed by atoms with van der Waals surface area (Å²) in [6.07, 6.45) is 5.22. The molecule has 0 aromatic heterocycles. The maximum atomic E-state index is 5.61. The lowest BCUT2D eigenvalue weighted by Crippen LogP contribution is -2.34. The van der Waals surface area contributed by atoms with Crippen LogP contribution in [0.3, 0.4) is 0 Å². The van der Waals surface area contributed by atoms with E-state index >= 15 is 0 Å². The smallest absolute Gasteiger partial charge is 0.0105 e. The van der Waals surface area contributed by atoms with Crippen LogP contribution in [0.25, 0.3) is 0 Å². The highest BCUT2D eigenvalue weighted by Crippen LogP contribution is 2.08. The van der Waals surface area contributed by atoms with Gasteiger partial charge in [-0.1, -0.05) is 33.6 Å². The van der Waals surface area contributed by atoms with Gasteiger partial charge in [0.15, 0.2) is 0 Å². The third-order valence-electron chi connectivity index (χ3n) is 2.62. The van der Waals surface area contributed by atoms with Gasteiger partial charge in [0.2, 0.25) is 0 Å². The van der Waals surface area contributed by atoms with Crippen molar-refractivity contribution in [2.75, 3.05) is 26.2 Å². The van der Waals surface area contributed by atoms with E-state index in [9.17, 15) is 0 Å². The van der Waals surface area contributed by atoms with Crippen molar-refractivity contribution in [2.45, 2.75) is 46.5 Å². The first-order valence-electron chi connectivity index (χ1n) is 6.16. The molecule has 0 aliphatic carbocycles. The molecule has 1 atom stereocenters. The zero-order valence-electron chi connectivity index (χ0n) is 10.3. The minimum Gasteiger partial charge on any atom is -0.329 e. The second-order valence-electron chi connectivity index (χ2n) is 4.34. The quantitative estimate of drug-likeness (QED) is 0.619. The Kier molecular flexibility index (Phi) is 9.42. The molecule has 0 saturated heterocycles. The predicted octanol–water partition coefficient (Wildman–Crippen LogP) is 2.48. The van der Waals surface area contributed by atoms with Crippen LogP contribution in [-0.2, 0) is 0 Å². The Balaban J connectivity index is 3.69. The fourth-order valence-corrected chi connectivity index (χ4v) is 1.88. The fourth-order valence-electron chi connectivity index (χ4n) is 1.88. The zero-order valence-corrected chi connectivity index (χ0v) is 10.3.